The first-order valence-electron chi connectivity index (χ1n) is 6.37. The van der Waals surface area contributed by atoms with Gasteiger partial charge < -0.3 is 4.98 Å². The van der Waals surface area contributed by atoms with Crippen molar-refractivity contribution in [1.82, 2.24) is 25.4 Å². The molecule has 0 saturated heterocycles. The zero-order chi connectivity index (χ0) is 12.8. The van der Waals surface area contributed by atoms with Crippen molar-refractivity contribution in [2.75, 3.05) is 0 Å². The van der Waals surface area contributed by atoms with Crippen molar-refractivity contribution in [1.29, 1.82) is 0 Å². The summed E-state index contributed by atoms with van der Waals surface area (Å²) in [6.45, 7) is 2.21. The van der Waals surface area contributed by atoms with Gasteiger partial charge >= 0.3 is 0 Å². The van der Waals surface area contributed by atoms with E-state index >= 15 is 0 Å². The van der Waals surface area contributed by atoms with Crippen molar-refractivity contribution in [2.45, 2.75) is 13.3 Å². The molecule has 1 atom stereocenters. The summed E-state index contributed by atoms with van der Waals surface area (Å²) >= 11 is 0. The number of hydrogen-bond donors (Lipinski definition) is 2. The molecule has 0 radical (unpaired) electrons. The average Bonchev–Trinajstić information content (AvgIpc) is 3.02. The maximum Gasteiger partial charge on any atom is 0.138 e. The Kier molecular flexibility index (Phi) is 2.09. The molecule has 2 heterocycles. The average molecular weight is 251 g/mol. The summed E-state index contributed by atoms with van der Waals surface area (Å²) in [6.07, 6.45) is 5.32. The lowest BCUT2D eigenvalue weighted by atomic mass is 9.99. The highest BCUT2D eigenvalue weighted by Crippen LogP contribution is 2.26. The molecular weight excluding hydrogens is 238 g/mol. The van der Waals surface area contributed by atoms with Gasteiger partial charge in [0, 0.05) is 11.3 Å². The van der Waals surface area contributed by atoms with Gasteiger partial charge in [0.15, 0.2) is 0 Å². The minimum atomic E-state index is 0.568. The number of nitrogens with one attached hydrogen (secondary N) is 2. The van der Waals surface area contributed by atoms with Crippen LogP contribution in [0.4, 0.5) is 0 Å². The number of H-pyrrole nitrogens is 2. The molecule has 2 aromatic heterocycles. The van der Waals surface area contributed by atoms with Crippen LogP contribution in [0.1, 0.15) is 18.3 Å². The van der Waals surface area contributed by atoms with Crippen LogP contribution < -0.4 is 0 Å². The van der Waals surface area contributed by atoms with Gasteiger partial charge in [-0.05, 0) is 36.6 Å². The van der Waals surface area contributed by atoms with Crippen LogP contribution in [-0.4, -0.2) is 25.4 Å². The minimum absolute atomic E-state index is 0.568. The fourth-order valence-electron chi connectivity index (χ4n) is 2.49. The zero-order valence-corrected chi connectivity index (χ0v) is 10.5. The van der Waals surface area contributed by atoms with Gasteiger partial charge in [0.25, 0.3) is 0 Å². The maximum absolute atomic E-state index is 4.65. The smallest absolute Gasteiger partial charge is 0.138 e. The highest BCUT2D eigenvalue weighted by Gasteiger charge is 2.15. The summed E-state index contributed by atoms with van der Waals surface area (Å²) in [5.41, 5.74) is 5.03. The van der Waals surface area contributed by atoms with Gasteiger partial charge in [0.2, 0.25) is 0 Å². The van der Waals surface area contributed by atoms with Gasteiger partial charge in [-0.3, -0.25) is 0 Å². The Morgan fingerprint density at radius 3 is 3.05 bits per heavy atom. The Hall–Kier alpha value is -2.43. The molecule has 2 N–H and O–H groups in total. The molecular formula is C14H13N5. The first-order chi connectivity index (χ1) is 9.29. The molecule has 1 unspecified atom stereocenters. The molecule has 94 valence electrons. The molecule has 0 spiro atoms. The second kappa shape index (κ2) is 3.78. The number of nitrogens with zero attached hydrogens (tertiary/aromatic N) is 3. The van der Waals surface area contributed by atoms with Crippen LogP contribution in [0.5, 0.6) is 0 Å². The van der Waals surface area contributed by atoms with Gasteiger partial charge in [-0.1, -0.05) is 13.0 Å². The second-order valence-electron chi connectivity index (χ2n) is 5.02. The Morgan fingerprint density at radius 2 is 2.11 bits per heavy atom. The van der Waals surface area contributed by atoms with Crippen LogP contribution in [0.2, 0.25) is 0 Å². The molecule has 4 rings (SSSR count). The van der Waals surface area contributed by atoms with Gasteiger partial charge in [-0.15, -0.1) is 0 Å². The fourth-order valence-corrected chi connectivity index (χ4v) is 2.49. The van der Waals surface area contributed by atoms with Crippen LogP contribution in [-0.2, 0) is 6.42 Å². The zero-order valence-electron chi connectivity index (χ0n) is 10.5. The van der Waals surface area contributed by atoms with Gasteiger partial charge in [0.05, 0.1) is 5.69 Å². The lowest BCUT2D eigenvalue weighted by Gasteiger charge is -2.09. The normalized spacial score (nSPS) is 17.8. The summed E-state index contributed by atoms with van der Waals surface area (Å²) in [5, 5.41) is 10.8. The molecule has 0 saturated carbocycles. The predicted octanol–water partition coefficient (Wildman–Crippen LogP) is 2.55. The van der Waals surface area contributed by atoms with Crippen molar-refractivity contribution < 1.29 is 0 Å². The lowest BCUT2D eigenvalue weighted by Crippen LogP contribution is -2.02. The van der Waals surface area contributed by atoms with Crippen molar-refractivity contribution in [2.24, 2.45) is 5.92 Å². The molecule has 3 aromatic rings. The van der Waals surface area contributed by atoms with E-state index in [0.29, 0.717) is 5.92 Å². The number of imidazole rings is 1. The number of benzene rings is 1. The first kappa shape index (κ1) is 10.5. The Balaban J connectivity index is 1.82. The number of fused-ring (bicyclic) bond motifs is 2. The van der Waals surface area contributed by atoms with E-state index in [-0.39, 0.29) is 0 Å². The largest absolute Gasteiger partial charge is 0.341 e. The highest BCUT2D eigenvalue weighted by atomic mass is 15.3. The van der Waals surface area contributed by atoms with E-state index in [4.69, 9.17) is 0 Å². The molecule has 1 aliphatic carbocycles. The van der Waals surface area contributed by atoms with Gasteiger partial charge in [-0.25, -0.2) is 4.98 Å². The van der Waals surface area contributed by atoms with Gasteiger partial charge in [0.1, 0.15) is 16.9 Å². The molecule has 5 nitrogen and oxygen atoms in total. The third kappa shape index (κ3) is 1.66. The van der Waals surface area contributed by atoms with E-state index in [1.807, 2.05) is 18.2 Å². The molecule has 0 bridgehead atoms. The van der Waals surface area contributed by atoms with Crippen LogP contribution >= 0.6 is 0 Å². The first-order valence-corrected chi connectivity index (χ1v) is 6.37. The molecule has 1 aliphatic rings. The van der Waals surface area contributed by atoms with E-state index in [2.05, 4.69) is 44.5 Å². The van der Waals surface area contributed by atoms with Crippen molar-refractivity contribution in [3.05, 3.63) is 35.7 Å². The quantitative estimate of drug-likeness (QED) is 0.698. The highest BCUT2D eigenvalue weighted by molar-refractivity contribution is 5.79. The number of aromatic nitrogens is 5. The third-order valence-corrected chi connectivity index (χ3v) is 3.51. The number of rotatable bonds is 1. The van der Waals surface area contributed by atoms with Crippen LogP contribution in [0, 0.1) is 5.92 Å². The van der Waals surface area contributed by atoms with E-state index < -0.39 is 0 Å². The van der Waals surface area contributed by atoms with Crippen molar-refractivity contribution in [3.8, 4) is 11.4 Å². The Labute approximate surface area is 109 Å². The summed E-state index contributed by atoms with van der Waals surface area (Å²) < 4.78 is 0. The minimum Gasteiger partial charge on any atom is -0.341 e. The molecule has 0 aliphatic heterocycles. The third-order valence-electron chi connectivity index (χ3n) is 3.51. The van der Waals surface area contributed by atoms with Crippen molar-refractivity contribution >= 4 is 17.1 Å². The fraction of sp³-hybridized carbons (Fsp3) is 0.214. The van der Waals surface area contributed by atoms with Crippen LogP contribution in [0.3, 0.4) is 0 Å². The Bertz CT molecular complexity index is 780. The number of hydrogen-bond acceptors (Lipinski definition) is 3. The van der Waals surface area contributed by atoms with E-state index in [1.54, 1.807) is 0 Å². The standard InChI is InChI=1S/C14H13N5/c1-8-2-4-10-12(6-8)16-14(15-10)9-3-5-11-13(7-9)18-19-17-11/h2-5,7-8H,6H2,1H3,(H,15,16)(H,17,18,19). The monoisotopic (exact) mass is 251 g/mol. The van der Waals surface area contributed by atoms with Crippen molar-refractivity contribution in [3.63, 3.8) is 0 Å². The maximum atomic E-state index is 4.65. The van der Waals surface area contributed by atoms with E-state index in [0.717, 1.165) is 34.5 Å². The second-order valence-corrected chi connectivity index (χ2v) is 5.02. The lowest BCUT2D eigenvalue weighted by molar-refractivity contribution is 0.703. The summed E-state index contributed by atoms with van der Waals surface area (Å²) in [5.74, 6) is 1.47. The Morgan fingerprint density at radius 1 is 1.21 bits per heavy atom. The number of aromatic amines is 2. The predicted molar refractivity (Wildman–Crippen MR) is 73.4 cm³/mol. The topological polar surface area (TPSA) is 70.2 Å². The summed E-state index contributed by atoms with van der Waals surface area (Å²) in [6, 6.07) is 5.96. The van der Waals surface area contributed by atoms with Gasteiger partial charge in [-0.2, -0.15) is 15.4 Å². The van der Waals surface area contributed by atoms with Crippen LogP contribution in [0.25, 0.3) is 28.5 Å². The molecule has 0 fully saturated rings. The van der Waals surface area contributed by atoms with E-state index in [1.165, 1.54) is 5.69 Å². The molecule has 1 aromatic carbocycles. The molecule has 0 amide bonds. The molecule has 19 heavy (non-hydrogen) atoms. The summed E-state index contributed by atoms with van der Waals surface area (Å²) in [4.78, 5) is 8.06. The molecule has 5 heteroatoms. The summed E-state index contributed by atoms with van der Waals surface area (Å²) in [7, 11) is 0. The SMILES string of the molecule is CC1C=Cc2nc(-c3ccc4n[nH]nc4c3)[nH]c2C1. The number of allylic oxidation sites excluding steroid dienone is 1. The van der Waals surface area contributed by atoms with E-state index in [9.17, 15) is 0 Å². The van der Waals surface area contributed by atoms with Crippen LogP contribution in [0.15, 0.2) is 24.3 Å².